The van der Waals surface area contributed by atoms with E-state index >= 15 is 0 Å². The van der Waals surface area contributed by atoms with Gasteiger partial charge < -0.3 is 9.64 Å². The zero-order valence-corrected chi connectivity index (χ0v) is 25.1. The number of rotatable bonds is 8. The standard InChI is InChI=1S/C26H27F2N7O.C6H8N2/c1-3-17-14-29-26(30-15-17)35-10-8-18(9-11-35)16-36-24-22(27)12-21(13-23(24)28)19-4-6-20(7-5-19)25-31-32-33-34(25)2;1-2-6-3-7-5-8-4-6/h4-7,12-15,18H,3,8-11,16H2,1-2H3;3-5H,2H2,1H3. The first kappa shape index (κ1) is 30.6. The van der Waals surface area contributed by atoms with Crippen molar-refractivity contribution in [2.45, 2.75) is 39.5 Å². The molecule has 0 spiro atoms. The van der Waals surface area contributed by atoms with Crippen LogP contribution in [0.3, 0.4) is 0 Å². The average Bonchev–Trinajstić information content (AvgIpc) is 3.51. The highest BCUT2D eigenvalue weighted by atomic mass is 19.1. The van der Waals surface area contributed by atoms with Gasteiger partial charge in [0, 0.05) is 50.5 Å². The van der Waals surface area contributed by atoms with Crippen molar-refractivity contribution in [3.63, 3.8) is 0 Å². The summed E-state index contributed by atoms with van der Waals surface area (Å²) in [5, 5.41) is 11.4. The lowest BCUT2D eigenvalue weighted by Gasteiger charge is -2.31. The van der Waals surface area contributed by atoms with Gasteiger partial charge in [0.1, 0.15) is 6.33 Å². The van der Waals surface area contributed by atoms with E-state index in [4.69, 9.17) is 4.74 Å². The largest absolute Gasteiger partial charge is 0.487 e. The van der Waals surface area contributed by atoms with Gasteiger partial charge in [-0.2, -0.15) is 0 Å². The SMILES string of the molecule is CCc1cnc(N2CCC(COc3c(F)cc(-c4ccc(-c5nnnn5C)cc4)cc3F)CC2)nc1.CCc1cncnc1. The van der Waals surface area contributed by atoms with Crippen molar-refractivity contribution in [2.24, 2.45) is 13.0 Å². The minimum absolute atomic E-state index is 0.206. The van der Waals surface area contributed by atoms with Crippen LogP contribution >= 0.6 is 0 Å². The Hall–Kier alpha value is -4.87. The molecule has 10 nitrogen and oxygen atoms in total. The molecule has 228 valence electrons. The van der Waals surface area contributed by atoms with E-state index < -0.39 is 11.6 Å². The Labute approximate surface area is 255 Å². The van der Waals surface area contributed by atoms with Crippen LogP contribution < -0.4 is 9.64 Å². The summed E-state index contributed by atoms with van der Waals surface area (Å²) in [6.45, 7) is 5.98. The molecule has 12 heteroatoms. The third-order valence-electron chi connectivity index (χ3n) is 7.58. The number of piperidine rings is 1. The lowest BCUT2D eigenvalue weighted by molar-refractivity contribution is 0.207. The normalized spacial score (nSPS) is 13.3. The topological polar surface area (TPSA) is 108 Å². The molecule has 0 amide bonds. The van der Waals surface area contributed by atoms with Gasteiger partial charge >= 0.3 is 0 Å². The number of nitrogens with zero attached hydrogens (tertiary/aromatic N) is 9. The van der Waals surface area contributed by atoms with Crippen LogP contribution in [0.1, 0.15) is 37.8 Å². The van der Waals surface area contributed by atoms with E-state index in [-0.39, 0.29) is 18.3 Å². The molecule has 0 unspecified atom stereocenters. The van der Waals surface area contributed by atoms with Crippen LogP contribution in [0.15, 0.2) is 67.5 Å². The van der Waals surface area contributed by atoms with Gasteiger partial charge in [-0.1, -0.05) is 38.1 Å². The zero-order valence-electron chi connectivity index (χ0n) is 25.1. The molecule has 2 aromatic carbocycles. The van der Waals surface area contributed by atoms with Crippen LogP contribution in [0.4, 0.5) is 14.7 Å². The summed E-state index contributed by atoms with van der Waals surface area (Å²) in [5.41, 5.74) is 4.21. The smallest absolute Gasteiger partial charge is 0.225 e. The molecule has 1 aliphatic heterocycles. The van der Waals surface area contributed by atoms with Crippen LogP contribution in [-0.2, 0) is 19.9 Å². The molecule has 1 saturated heterocycles. The third kappa shape index (κ3) is 7.55. The highest BCUT2D eigenvalue weighted by Crippen LogP contribution is 2.31. The number of benzene rings is 2. The maximum atomic E-state index is 14.8. The molecular weight excluding hydrogens is 564 g/mol. The number of hydrogen-bond donors (Lipinski definition) is 0. The lowest BCUT2D eigenvalue weighted by Crippen LogP contribution is -2.36. The number of hydrogen-bond acceptors (Lipinski definition) is 9. The van der Waals surface area contributed by atoms with Crippen molar-refractivity contribution in [2.75, 3.05) is 24.6 Å². The number of ether oxygens (including phenoxy) is 1. The van der Waals surface area contributed by atoms with Crippen LogP contribution in [0.5, 0.6) is 5.75 Å². The predicted octanol–water partition coefficient (Wildman–Crippen LogP) is 5.51. The van der Waals surface area contributed by atoms with E-state index in [1.54, 1.807) is 30.2 Å². The van der Waals surface area contributed by atoms with Crippen LogP contribution in [0, 0.1) is 17.6 Å². The summed E-state index contributed by atoms with van der Waals surface area (Å²) in [6.07, 6.45) is 12.5. The van der Waals surface area contributed by atoms with Crippen molar-refractivity contribution >= 4 is 5.95 Å². The molecule has 3 aromatic heterocycles. The number of aromatic nitrogens is 8. The second kappa shape index (κ2) is 14.5. The molecule has 5 aromatic rings. The van der Waals surface area contributed by atoms with Gasteiger partial charge in [0.05, 0.1) is 6.61 Å². The quantitative estimate of drug-likeness (QED) is 0.228. The predicted molar refractivity (Wildman–Crippen MR) is 163 cm³/mol. The molecule has 1 aliphatic rings. The van der Waals surface area contributed by atoms with E-state index in [1.807, 2.05) is 36.9 Å². The monoisotopic (exact) mass is 599 g/mol. The van der Waals surface area contributed by atoms with Gasteiger partial charge in [0.2, 0.25) is 5.95 Å². The zero-order chi connectivity index (χ0) is 30.9. The maximum Gasteiger partial charge on any atom is 0.225 e. The second-order valence-corrected chi connectivity index (χ2v) is 10.6. The van der Waals surface area contributed by atoms with Crippen molar-refractivity contribution in [3.05, 3.63) is 90.3 Å². The second-order valence-electron chi connectivity index (χ2n) is 10.6. The molecule has 0 aliphatic carbocycles. The van der Waals surface area contributed by atoms with Crippen molar-refractivity contribution in [1.29, 1.82) is 0 Å². The Balaban J connectivity index is 0.000000418. The lowest BCUT2D eigenvalue weighted by atomic mass is 9.98. The summed E-state index contributed by atoms with van der Waals surface area (Å²) < 4.78 is 36.8. The summed E-state index contributed by atoms with van der Waals surface area (Å²) in [4.78, 5) is 18.7. The highest BCUT2D eigenvalue weighted by molar-refractivity contribution is 5.68. The Morgan fingerprint density at radius 2 is 1.41 bits per heavy atom. The van der Waals surface area contributed by atoms with Crippen LogP contribution in [-0.4, -0.2) is 59.8 Å². The summed E-state index contributed by atoms with van der Waals surface area (Å²) in [5.74, 6) is -0.225. The molecule has 4 heterocycles. The number of anilines is 1. The van der Waals surface area contributed by atoms with E-state index in [0.717, 1.165) is 55.8 Å². The number of aryl methyl sites for hydroxylation is 3. The number of halogens is 2. The van der Waals surface area contributed by atoms with Crippen molar-refractivity contribution < 1.29 is 13.5 Å². The Kier molecular flexibility index (Phi) is 10.1. The van der Waals surface area contributed by atoms with E-state index in [2.05, 4.69) is 54.2 Å². The van der Waals surface area contributed by atoms with Crippen LogP contribution in [0.2, 0.25) is 0 Å². The molecule has 44 heavy (non-hydrogen) atoms. The Morgan fingerprint density at radius 3 is 1.95 bits per heavy atom. The fourth-order valence-corrected chi connectivity index (χ4v) is 4.86. The van der Waals surface area contributed by atoms with E-state index in [1.165, 1.54) is 17.7 Å². The summed E-state index contributed by atoms with van der Waals surface area (Å²) in [7, 11) is 1.75. The van der Waals surface area contributed by atoms with Crippen molar-refractivity contribution in [3.8, 4) is 28.3 Å². The molecule has 0 bridgehead atoms. The van der Waals surface area contributed by atoms with Gasteiger partial charge in [-0.25, -0.2) is 33.4 Å². The fourth-order valence-electron chi connectivity index (χ4n) is 4.86. The molecule has 0 N–H and O–H groups in total. The van der Waals surface area contributed by atoms with Crippen molar-refractivity contribution in [1.82, 2.24) is 40.1 Å². The fraction of sp³-hybridized carbons (Fsp3) is 0.344. The van der Waals surface area contributed by atoms with E-state index in [9.17, 15) is 8.78 Å². The average molecular weight is 600 g/mol. The molecule has 0 radical (unpaired) electrons. The first-order valence-electron chi connectivity index (χ1n) is 14.7. The Morgan fingerprint density at radius 1 is 0.818 bits per heavy atom. The highest BCUT2D eigenvalue weighted by Gasteiger charge is 2.23. The van der Waals surface area contributed by atoms with Crippen LogP contribution in [0.25, 0.3) is 22.5 Å². The summed E-state index contributed by atoms with van der Waals surface area (Å²) >= 11 is 0. The van der Waals surface area contributed by atoms with Gasteiger partial charge in [0.25, 0.3) is 0 Å². The van der Waals surface area contributed by atoms with Gasteiger partial charge in [-0.05, 0) is 76.4 Å². The molecule has 0 saturated carbocycles. The molecule has 6 rings (SSSR count). The minimum atomic E-state index is -0.714. The maximum absolute atomic E-state index is 14.8. The minimum Gasteiger partial charge on any atom is -0.487 e. The first-order chi connectivity index (χ1) is 21.4. The van der Waals surface area contributed by atoms with Gasteiger partial charge in [-0.15, -0.1) is 5.10 Å². The Bertz CT molecular complexity index is 1600. The number of tetrazole rings is 1. The molecular formula is C32H35F2N9O. The van der Waals surface area contributed by atoms with Gasteiger partial charge in [0.15, 0.2) is 23.2 Å². The molecule has 1 fully saturated rings. The molecule has 0 atom stereocenters. The van der Waals surface area contributed by atoms with Gasteiger partial charge in [-0.3, -0.25) is 0 Å². The summed E-state index contributed by atoms with van der Waals surface area (Å²) in [6, 6.07) is 9.81. The van der Waals surface area contributed by atoms with E-state index in [0.29, 0.717) is 17.0 Å². The first-order valence-corrected chi connectivity index (χ1v) is 14.7. The third-order valence-corrected chi connectivity index (χ3v) is 7.58.